The Morgan fingerprint density at radius 1 is 1.80 bits per heavy atom. The molecule has 0 aliphatic heterocycles. The molecule has 0 bridgehead atoms. The molecule has 0 saturated heterocycles. The normalized spacial score (nSPS) is 6.80. The van der Waals surface area contributed by atoms with E-state index < -0.39 is 9.64 Å². The van der Waals surface area contributed by atoms with Crippen LogP contribution in [0.4, 0.5) is 0 Å². The quantitative estimate of drug-likeness (QED) is 0.344. The van der Waals surface area contributed by atoms with Crippen molar-refractivity contribution in [1.82, 2.24) is 0 Å². The largest absolute Gasteiger partial charge is 0.459 e. The van der Waals surface area contributed by atoms with Crippen LogP contribution in [0.25, 0.3) is 0 Å². The van der Waals surface area contributed by atoms with Gasteiger partial charge in [-0.1, -0.05) is 9.64 Å². The predicted molar refractivity (Wildman–Crippen MR) is 18.0 cm³/mol. The van der Waals surface area contributed by atoms with Gasteiger partial charge in [-0.15, -0.1) is 0 Å². The van der Waals surface area contributed by atoms with Crippen LogP contribution in [0.2, 0.25) is 0 Å². The van der Waals surface area contributed by atoms with Gasteiger partial charge in [-0.05, 0) is 0 Å². The summed E-state index contributed by atoms with van der Waals surface area (Å²) >= 11 is 3.65. The first-order chi connectivity index (χ1) is 1.73. The molecular formula is HCdO2S2-. The van der Waals surface area contributed by atoms with Crippen LogP contribution in [0.5, 0.6) is 0 Å². The molecule has 5 heavy (non-hydrogen) atoms. The minimum atomic E-state index is -2.03. The third-order valence-corrected chi connectivity index (χ3v) is 0. The molecule has 0 heterocycles. The zero-order chi connectivity index (χ0) is 3.58. The van der Waals surface area contributed by atoms with Crippen LogP contribution in [0.3, 0.4) is 0 Å². The van der Waals surface area contributed by atoms with Crippen molar-refractivity contribution in [3.8, 4) is 0 Å². The van der Waals surface area contributed by atoms with Crippen LogP contribution in [0.1, 0.15) is 0 Å². The predicted octanol–water partition coefficient (Wildman–Crippen LogP) is -0.117. The van der Waals surface area contributed by atoms with Gasteiger partial charge in [0.15, 0.2) is 0 Å². The van der Waals surface area contributed by atoms with E-state index in [0.29, 0.717) is 0 Å². The Hall–Kier alpha value is 1.25. The van der Waals surface area contributed by atoms with E-state index in [1.54, 1.807) is 0 Å². The van der Waals surface area contributed by atoms with E-state index in [1.165, 1.54) is 0 Å². The first-order valence-electron chi connectivity index (χ1n) is 0.516. The van der Waals surface area contributed by atoms with E-state index in [9.17, 15) is 0 Å². The Bertz CT molecular complexity index is 56.0. The molecule has 0 fully saturated rings. The van der Waals surface area contributed by atoms with Crippen LogP contribution < -0.4 is 0 Å². The maximum absolute atomic E-state index is 8.93. The fraction of sp³-hybridized carbons (Fsp3) is 0. The van der Waals surface area contributed by atoms with Crippen molar-refractivity contribution in [3.05, 3.63) is 0 Å². The maximum Gasteiger partial charge on any atom is 0 e. The van der Waals surface area contributed by atoms with Gasteiger partial charge in [0.25, 0.3) is 0 Å². The number of hydrogen-bond donors (Lipinski definition) is 1. The van der Waals surface area contributed by atoms with Crippen molar-refractivity contribution < 1.29 is 36.1 Å². The van der Waals surface area contributed by atoms with Gasteiger partial charge in [-0.25, -0.2) is 11.2 Å². The van der Waals surface area contributed by atoms with E-state index in [2.05, 4.69) is 11.2 Å². The average Bonchev–Trinajstić information content (AvgIpc) is 0.811. The third kappa shape index (κ3) is 35.4. The van der Waals surface area contributed by atoms with E-state index in [4.69, 9.17) is 8.76 Å². The fourth-order valence-corrected chi connectivity index (χ4v) is 0. The summed E-state index contributed by atoms with van der Waals surface area (Å²) in [6, 6.07) is 0. The summed E-state index contributed by atoms with van der Waals surface area (Å²) in [4.78, 5) is 0. The molecule has 0 aliphatic rings. The SMILES string of the molecule is O=[S-](O)=S.[Cd]. The molecule has 0 unspecified atom stereocenters. The minimum absolute atomic E-state index is 0. The summed E-state index contributed by atoms with van der Waals surface area (Å²) in [5.41, 5.74) is 0. The van der Waals surface area contributed by atoms with Crippen molar-refractivity contribution in [3.63, 3.8) is 0 Å². The van der Waals surface area contributed by atoms with Crippen molar-refractivity contribution in [2.75, 3.05) is 0 Å². The molecule has 28 valence electrons. The van der Waals surface area contributed by atoms with E-state index >= 15 is 0 Å². The Labute approximate surface area is 56.6 Å². The Morgan fingerprint density at radius 3 is 1.80 bits per heavy atom. The molecule has 5 heteroatoms. The van der Waals surface area contributed by atoms with Crippen LogP contribution in [-0.4, -0.2) is 4.55 Å². The number of rotatable bonds is 0. The molecular weight excluding hydrogens is 209 g/mol. The second-order valence-corrected chi connectivity index (χ2v) is 1.51. The van der Waals surface area contributed by atoms with Gasteiger partial charge in [-0.3, -0.25) is 0 Å². The van der Waals surface area contributed by atoms with E-state index in [0.717, 1.165) is 0 Å². The molecule has 0 aromatic rings. The molecule has 0 aliphatic carbocycles. The third-order valence-electron chi connectivity index (χ3n) is 0. The summed E-state index contributed by atoms with van der Waals surface area (Å²) in [5.74, 6) is 0. The molecule has 2 nitrogen and oxygen atoms in total. The molecule has 1 N–H and O–H groups in total. The Kier molecular flexibility index (Phi) is 10.0. The second kappa shape index (κ2) is 5.25. The molecule has 0 spiro atoms. The first kappa shape index (κ1) is 9.54. The van der Waals surface area contributed by atoms with E-state index in [1.807, 2.05) is 0 Å². The van der Waals surface area contributed by atoms with Gasteiger partial charge in [-0.2, -0.15) is 0 Å². The second-order valence-electron chi connectivity index (χ2n) is 0.217. The number of hydrogen-bond acceptors (Lipinski definition) is 3. The Morgan fingerprint density at radius 2 is 1.80 bits per heavy atom. The summed E-state index contributed by atoms with van der Waals surface area (Å²) in [6.07, 6.45) is 0. The average molecular weight is 210 g/mol. The van der Waals surface area contributed by atoms with Crippen LogP contribution in [-0.2, 0) is 52.3 Å². The summed E-state index contributed by atoms with van der Waals surface area (Å²) in [6.45, 7) is 0. The molecule has 0 saturated carbocycles. The van der Waals surface area contributed by atoms with Gasteiger partial charge in [0.2, 0.25) is 0 Å². The summed E-state index contributed by atoms with van der Waals surface area (Å²) in [7, 11) is -2.03. The standard InChI is InChI=1S/Cd.HO2S2/c;1-4(2)3/h;(H,1,2,3)/q;-1. The maximum atomic E-state index is 8.93. The van der Waals surface area contributed by atoms with Gasteiger partial charge < -0.3 is 8.76 Å². The fourth-order valence-electron chi connectivity index (χ4n) is 0. The monoisotopic (exact) mass is 211 g/mol. The molecule has 0 radical (unpaired) electrons. The molecule has 0 aromatic carbocycles. The van der Waals surface area contributed by atoms with Gasteiger partial charge in [0, 0.05) is 27.3 Å². The van der Waals surface area contributed by atoms with Gasteiger partial charge in [0.05, 0.1) is 0 Å². The molecule has 0 aromatic heterocycles. The van der Waals surface area contributed by atoms with Crippen molar-refractivity contribution in [2.45, 2.75) is 0 Å². The minimum Gasteiger partial charge on any atom is -0.459 e. The summed E-state index contributed by atoms with van der Waals surface area (Å²) < 4.78 is 16.3. The van der Waals surface area contributed by atoms with Gasteiger partial charge >= 0.3 is 0 Å². The smallest absolute Gasteiger partial charge is 0 e. The summed E-state index contributed by atoms with van der Waals surface area (Å²) in [5, 5.41) is 0. The van der Waals surface area contributed by atoms with Crippen LogP contribution in [0.15, 0.2) is 0 Å². The molecule has 0 atom stereocenters. The Balaban J connectivity index is 0. The van der Waals surface area contributed by atoms with Crippen molar-refractivity contribution in [2.24, 2.45) is 0 Å². The van der Waals surface area contributed by atoms with Gasteiger partial charge in [0.1, 0.15) is 0 Å². The van der Waals surface area contributed by atoms with Crippen molar-refractivity contribution >= 4 is 20.8 Å². The van der Waals surface area contributed by atoms with Crippen LogP contribution in [0, 0.1) is 0 Å². The van der Waals surface area contributed by atoms with E-state index in [-0.39, 0.29) is 27.3 Å². The zero-order valence-electron chi connectivity index (χ0n) is 2.38. The first-order valence-corrected chi connectivity index (χ1v) is 2.55. The van der Waals surface area contributed by atoms with Crippen molar-refractivity contribution in [1.29, 1.82) is 0 Å². The molecule has 0 rings (SSSR count). The van der Waals surface area contributed by atoms with Crippen LogP contribution >= 0.6 is 0 Å². The molecule has 0 amide bonds. The topological polar surface area (TPSA) is 37.3 Å². The zero-order valence-corrected chi connectivity index (χ0v) is 8.05.